The number of halogens is 1. The van der Waals surface area contributed by atoms with E-state index in [1.165, 1.54) is 0 Å². The van der Waals surface area contributed by atoms with E-state index in [0.29, 0.717) is 18.2 Å². The number of aryl methyl sites for hydroxylation is 1. The highest BCUT2D eigenvalue weighted by Gasteiger charge is 2.08. The fourth-order valence-corrected chi connectivity index (χ4v) is 2.58. The zero-order valence-corrected chi connectivity index (χ0v) is 14.6. The van der Waals surface area contributed by atoms with Crippen molar-refractivity contribution in [1.82, 2.24) is 9.88 Å². The minimum Gasteiger partial charge on any atom is -0.492 e. The molecule has 2 rings (SSSR count). The second-order valence-corrected chi connectivity index (χ2v) is 6.18. The minimum absolute atomic E-state index is 0.120. The molecule has 0 radical (unpaired) electrons. The van der Waals surface area contributed by atoms with Gasteiger partial charge >= 0.3 is 0 Å². The van der Waals surface area contributed by atoms with Crippen molar-refractivity contribution in [1.29, 1.82) is 0 Å². The summed E-state index contributed by atoms with van der Waals surface area (Å²) < 4.78 is 5.68. The molecule has 0 aliphatic carbocycles. The first-order chi connectivity index (χ1) is 11.0. The van der Waals surface area contributed by atoms with Crippen molar-refractivity contribution in [3.63, 3.8) is 0 Å². The third kappa shape index (κ3) is 4.85. The summed E-state index contributed by atoms with van der Waals surface area (Å²) >= 11 is 6.05. The van der Waals surface area contributed by atoms with Gasteiger partial charge in [0.2, 0.25) is 0 Å². The Kier molecular flexibility index (Phi) is 6.25. The third-order valence-electron chi connectivity index (χ3n) is 3.82. The van der Waals surface area contributed by atoms with Crippen LogP contribution in [-0.4, -0.2) is 30.1 Å². The van der Waals surface area contributed by atoms with Crippen LogP contribution in [0, 0.1) is 13.8 Å². The van der Waals surface area contributed by atoms with Gasteiger partial charge in [-0.3, -0.25) is 4.79 Å². The maximum atomic E-state index is 11.9. The molecule has 0 fully saturated rings. The van der Waals surface area contributed by atoms with Gasteiger partial charge in [0.05, 0.1) is 11.6 Å². The van der Waals surface area contributed by atoms with Crippen LogP contribution in [0.1, 0.15) is 23.2 Å². The Labute approximate surface area is 142 Å². The van der Waals surface area contributed by atoms with Crippen molar-refractivity contribution in [2.24, 2.45) is 0 Å². The lowest BCUT2D eigenvalue weighted by molar-refractivity contribution is 0.257. The Balaban J connectivity index is 1.80. The Bertz CT molecular complexity index is 712. The van der Waals surface area contributed by atoms with Crippen LogP contribution in [0.3, 0.4) is 0 Å². The lowest BCUT2D eigenvalue weighted by Gasteiger charge is -2.18. The predicted octanol–water partition coefficient (Wildman–Crippen LogP) is 3.55. The highest BCUT2D eigenvalue weighted by molar-refractivity contribution is 6.32. The number of para-hydroxylation sites is 1. The Morgan fingerprint density at radius 1 is 1.26 bits per heavy atom. The van der Waals surface area contributed by atoms with E-state index in [1.807, 2.05) is 45.2 Å². The molecule has 0 saturated heterocycles. The van der Waals surface area contributed by atoms with Crippen LogP contribution in [-0.2, 0) is 6.54 Å². The zero-order chi connectivity index (χ0) is 16.8. The summed E-state index contributed by atoms with van der Waals surface area (Å²) in [4.78, 5) is 17.3. The van der Waals surface area contributed by atoms with Crippen molar-refractivity contribution < 1.29 is 4.74 Å². The molecule has 0 bridgehead atoms. The molecule has 0 aliphatic rings. The molecule has 23 heavy (non-hydrogen) atoms. The number of hydrogen-bond acceptors (Lipinski definition) is 3. The molecule has 0 unspecified atom stereocenters. The van der Waals surface area contributed by atoms with Crippen molar-refractivity contribution in [3.05, 3.63) is 62.5 Å². The molecule has 4 nitrogen and oxygen atoms in total. The van der Waals surface area contributed by atoms with E-state index in [-0.39, 0.29) is 5.43 Å². The van der Waals surface area contributed by atoms with Gasteiger partial charge in [-0.15, -0.1) is 0 Å². The summed E-state index contributed by atoms with van der Waals surface area (Å²) in [6.07, 6.45) is 2.66. The fourth-order valence-electron chi connectivity index (χ4n) is 2.39. The summed E-state index contributed by atoms with van der Waals surface area (Å²) in [6, 6.07) is 7.48. The molecule has 1 heterocycles. The first-order valence-corrected chi connectivity index (χ1v) is 8.10. The molecular weight excluding hydrogens is 312 g/mol. The second-order valence-electron chi connectivity index (χ2n) is 5.77. The average molecular weight is 335 g/mol. The number of benzene rings is 1. The SMILES string of the molecule is Cc1c[nH]c(CN(C)CCCOc2ccccc2Cl)c(C)c1=O. The largest absolute Gasteiger partial charge is 0.492 e. The number of H-pyrrole nitrogens is 1. The number of aromatic nitrogens is 1. The smallest absolute Gasteiger partial charge is 0.187 e. The van der Waals surface area contributed by atoms with E-state index < -0.39 is 0 Å². The number of hydrogen-bond donors (Lipinski definition) is 1. The Hall–Kier alpha value is -1.78. The van der Waals surface area contributed by atoms with Crippen molar-refractivity contribution >= 4 is 11.6 Å². The zero-order valence-electron chi connectivity index (χ0n) is 13.9. The molecule has 0 spiro atoms. The van der Waals surface area contributed by atoms with Crippen molar-refractivity contribution in [2.75, 3.05) is 20.2 Å². The van der Waals surface area contributed by atoms with Crippen LogP contribution < -0.4 is 10.2 Å². The molecule has 0 aliphatic heterocycles. The lowest BCUT2D eigenvalue weighted by atomic mass is 10.1. The molecule has 5 heteroatoms. The van der Waals surface area contributed by atoms with E-state index in [9.17, 15) is 4.79 Å². The molecule has 1 N–H and O–H groups in total. The maximum absolute atomic E-state index is 11.9. The van der Waals surface area contributed by atoms with Gasteiger partial charge in [-0.25, -0.2) is 0 Å². The normalized spacial score (nSPS) is 11.0. The molecule has 0 saturated carbocycles. The summed E-state index contributed by atoms with van der Waals surface area (Å²) in [7, 11) is 2.03. The summed E-state index contributed by atoms with van der Waals surface area (Å²) in [5, 5.41) is 0.633. The highest BCUT2D eigenvalue weighted by atomic mass is 35.5. The van der Waals surface area contributed by atoms with Crippen LogP contribution in [0.2, 0.25) is 5.02 Å². The molecule has 0 atom stereocenters. The molecule has 124 valence electrons. The van der Waals surface area contributed by atoms with Gasteiger partial charge in [-0.1, -0.05) is 23.7 Å². The van der Waals surface area contributed by atoms with Gasteiger partial charge in [0, 0.05) is 36.1 Å². The number of nitrogens with one attached hydrogen (secondary N) is 1. The van der Waals surface area contributed by atoms with Crippen LogP contribution in [0.25, 0.3) is 0 Å². The number of rotatable bonds is 7. The van der Waals surface area contributed by atoms with Crippen molar-refractivity contribution in [2.45, 2.75) is 26.8 Å². The Morgan fingerprint density at radius 3 is 2.74 bits per heavy atom. The van der Waals surface area contributed by atoms with E-state index in [4.69, 9.17) is 16.3 Å². The van der Waals surface area contributed by atoms with Gasteiger partial charge in [-0.05, 0) is 39.4 Å². The van der Waals surface area contributed by atoms with E-state index in [1.54, 1.807) is 6.20 Å². The topological polar surface area (TPSA) is 45.3 Å². The monoisotopic (exact) mass is 334 g/mol. The van der Waals surface area contributed by atoms with Crippen LogP contribution in [0.4, 0.5) is 0 Å². The second kappa shape index (κ2) is 8.18. The van der Waals surface area contributed by atoms with Gasteiger partial charge in [0.1, 0.15) is 5.75 Å². The molecule has 1 aromatic carbocycles. The standard InChI is InChI=1S/C18H23ClN2O2/c1-13-11-20-16(14(2)18(13)22)12-21(3)9-6-10-23-17-8-5-4-7-15(17)19/h4-5,7-8,11H,6,9-10,12H2,1-3H3,(H,20,22). The molecule has 2 aromatic rings. The summed E-state index contributed by atoms with van der Waals surface area (Å²) in [5.74, 6) is 0.718. The van der Waals surface area contributed by atoms with Crippen LogP contribution in [0.15, 0.2) is 35.3 Å². The highest BCUT2D eigenvalue weighted by Crippen LogP contribution is 2.23. The minimum atomic E-state index is 0.120. The van der Waals surface area contributed by atoms with E-state index in [2.05, 4.69) is 9.88 Å². The lowest BCUT2D eigenvalue weighted by Crippen LogP contribution is -2.24. The van der Waals surface area contributed by atoms with Gasteiger partial charge < -0.3 is 14.6 Å². The first kappa shape index (κ1) is 17.6. The van der Waals surface area contributed by atoms with Gasteiger partial charge in [0.15, 0.2) is 5.43 Å². The van der Waals surface area contributed by atoms with Gasteiger partial charge in [0.25, 0.3) is 0 Å². The molecule has 1 aromatic heterocycles. The summed E-state index contributed by atoms with van der Waals surface area (Å²) in [6.45, 7) is 5.89. The van der Waals surface area contributed by atoms with Crippen LogP contribution in [0.5, 0.6) is 5.75 Å². The fraction of sp³-hybridized carbons (Fsp3) is 0.389. The predicted molar refractivity (Wildman–Crippen MR) is 94.4 cm³/mol. The average Bonchev–Trinajstić information content (AvgIpc) is 2.54. The quantitative estimate of drug-likeness (QED) is 0.788. The number of aromatic amines is 1. The Morgan fingerprint density at radius 2 is 2.00 bits per heavy atom. The maximum Gasteiger partial charge on any atom is 0.187 e. The van der Waals surface area contributed by atoms with Crippen molar-refractivity contribution in [3.8, 4) is 5.75 Å². The molecule has 0 amide bonds. The van der Waals surface area contributed by atoms with E-state index in [0.717, 1.165) is 35.5 Å². The summed E-state index contributed by atoms with van der Waals surface area (Å²) in [5.41, 5.74) is 2.63. The first-order valence-electron chi connectivity index (χ1n) is 7.72. The van der Waals surface area contributed by atoms with Crippen LogP contribution >= 0.6 is 11.6 Å². The number of ether oxygens (including phenoxy) is 1. The third-order valence-corrected chi connectivity index (χ3v) is 4.13. The van der Waals surface area contributed by atoms with Gasteiger partial charge in [-0.2, -0.15) is 0 Å². The number of nitrogens with zero attached hydrogens (tertiary/aromatic N) is 1. The number of pyridine rings is 1. The molecular formula is C18H23ClN2O2. The van der Waals surface area contributed by atoms with E-state index >= 15 is 0 Å².